The summed E-state index contributed by atoms with van der Waals surface area (Å²) in [7, 11) is 1.67. The van der Waals surface area contributed by atoms with Gasteiger partial charge in [-0.25, -0.2) is 0 Å². The highest BCUT2D eigenvalue weighted by Crippen LogP contribution is 2.39. The number of hydrogen-bond acceptors (Lipinski definition) is 6. The Labute approximate surface area is 188 Å². The summed E-state index contributed by atoms with van der Waals surface area (Å²) in [6.45, 7) is 6.91. The van der Waals surface area contributed by atoms with Crippen LogP contribution in [0, 0.1) is 22.0 Å². The van der Waals surface area contributed by atoms with E-state index in [0.29, 0.717) is 25.4 Å². The SMILES string of the molecule is COc1ccccc1N1CCN2c3ccc([N+](=O)[O-])cc3C[C@H](C(=O)NCC(C)C)[C@@H]2C1. The number of amides is 1. The number of fused-ring (bicyclic) bond motifs is 3. The fraction of sp³-hybridized carbons (Fsp3) is 0.458. The van der Waals surface area contributed by atoms with Gasteiger partial charge in [0.25, 0.3) is 5.69 Å². The molecule has 0 aromatic heterocycles. The van der Waals surface area contributed by atoms with E-state index in [4.69, 9.17) is 4.74 Å². The molecule has 2 aromatic carbocycles. The molecular weight excluding hydrogens is 408 g/mol. The normalized spacial score (nSPS) is 19.9. The largest absolute Gasteiger partial charge is 0.495 e. The Morgan fingerprint density at radius 1 is 1.22 bits per heavy atom. The first kappa shape index (κ1) is 21.9. The van der Waals surface area contributed by atoms with Crippen molar-refractivity contribution < 1.29 is 14.5 Å². The molecule has 0 unspecified atom stereocenters. The number of anilines is 2. The molecule has 32 heavy (non-hydrogen) atoms. The van der Waals surface area contributed by atoms with Crippen molar-refractivity contribution in [2.45, 2.75) is 26.3 Å². The van der Waals surface area contributed by atoms with Crippen molar-refractivity contribution in [3.05, 3.63) is 58.1 Å². The zero-order valence-electron chi connectivity index (χ0n) is 18.8. The summed E-state index contributed by atoms with van der Waals surface area (Å²) in [5.74, 6) is 0.880. The molecule has 1 fully saturated rings. The first-order valence-electron chi connectivity index (χ1n) is 11.1. The molecule has 8 heteroatoms. The number of benzene rings is 2. The van der Waals surface area contributed by atoms with E-state index in [-0.39, 0.29) is 28.5 Å². The molecular formula is C24H30N4O4. The molecule has 0 saturated carbocycles. The van der Waals surface area contributed by atoms with Gasteiger partial charge < -0.3 is 19.9 Å². The van der Waals surface area contributed by atoms with Gasteiger partial charge in [-0.2, -0.15) is 0 Å². The third-order valence-corrected chi connectivity index (χ3v) is 6.35. The molecule has 1 saturated heterocycles. The average molecular weight is 439 g/mol. The Kier molecular flexibility index (Phi) is 6.21. The fourth-order valence-electron chi connectivity index (χ4n) is 4.77. The van der Waals surface area contributed by atoms with E-state index in [0.717, 1.165) is 35.8 Å². The van der Waals surface area contributed by atoms with E-state index in [2.05, 4.69) is 29.0 Å². The third-order valence-electron chi connectivity index (χ3n) is 6.35. The molecule has 0 bridgehead atoms. The lowest BCUT2D eigenvalue weighted by Crippen LogP contribution is -2.61. The lowest BCUT2D eigenvalue weighted by atomic mass is 9.83. The molecule has 2 aromatic rings. The van der Waals surface area contributed by atoms with Crippen LogP contribution in [0.25, 0.3) is 0 Å². The highest BCUT2D eigenvalue weighted by atomic mass is 16.6. The summed E-state index contributed by atoms with van der Waals surface area (Å²) < 4.78 is 5.57. The summed E-state index contributed by atoms with van der Waals surface area (Å²) in [4.78, 5) is 28.7. The van der Waals surface area contributed by atoms with Crippen molar-refractivity contribution >= 4 is 23.0 Å². The minimum absolute atomic E-state index is 0.00716. The van der Waals surface area contributed by atoms with Gasteiger partial charge in [-0.1, -0.05) is 26.0 Å². The summed E-state index contributed by atoms with van der Waals surface area (Å²) in [6.07, 6.45) is 0.488. The maximum absolute atomic E-state index is 13.2. The number of methoxy groups -OCH3 is 1. The van der Waals surface area contributed by atoms with Gasteiger partial charge in [0, 0.05) is 44.0 Å². The molecule has 2 aliphatic rings. The van der Waals surface area contributed by atoms with Crippen LogP contribution in [0.1, 0.15) is 19.4 Å². The monoisotopic (exact) mass is 438 g/mol. The number of para-hydroxylation sites is 2. The van der Waals surface area contributed by atoms with Gasteiger partial charge in [-0.15, -0.1) is 0 Å². The van der Waals surface area contributed by atoms with Crippen LogP contribution in [0.4, 0.5) is 17.1 Å². The second-order valence-electron chi connectivity index (χ2n) is 8.90. The number of ether oxygens (including phenoxy) is 1. The van der Waals surface area contributed by atoms with Crippen LogP contribution < -0.4 is 19.9 Å². The van der Waals surface area contributed by atoms with Crippen LogP contribution in [0.15, 0.2) is 42.5 Å². The maximum atomic E-state index is 13.2. The summed E-state index contributed by atoms with van der Waals surface area (Å²) >= 11 is 0. The second kappa shape index (κ2) is 9.06. The van der Waals surface area contributed by atoms with Crippen molar-refractivity contribution in [3.8, 4) is 5.75 Å². The quantitative estimate of drug-likeness (QED) is 0.550. The van der Waals surface area contributed by atoms with Gasteiger partial charge in [-0.3, -0.25) is 14.9 Å². The first-order valence-corrected chi connectivity index (χ1v) is 11.1. The van der Waals surface area contributed by atoms with Crippen LogP contribution >= 0.6 is 0 Å². The molecule has 8 nitrogen and oxygen atoms in total. The number of carbonyl (C=O) groups is 1. The lowest BCUT2D eigenvalue weighted by molar-refractivity contribution is -0.384. The topological polar surface area (TPSA) is 87.9 Å². The van der Waals surface area contributed by atoms with Crippen molar-refractivity contribution in [2.75, 3.05) is 43.1 Å². The van der Waals surface area contributed by atoms with Crippen molar-refractivity contribution in [2.24, 2.45) is 11.8 Å². The smallest absolute Gasteiger partial charge is 0.269 e. The van der Waals surface area contributed by atoms with Crippen LogP contribution in [0.5, 0.6) is 5.75 Å². The maximum Gasteiger partial charge on any atom is 0.269 e. The molecule has 2 atom stereocenters. The Bertz CT molecular complexity index is 1010. The molecule has 1 N–H and O–H groups in total. The summed E-state index contributed by atoms with van der Waals surface area (Å²) in [5.41, 5.74) is 2.95. The molecule has 1 amide bonds. The number of hydrogen-bond donors (Lipinski definition) is 1. The van der Waals surface area contributed by atoms with E-state index in [1.54, 1.807) is 19.2 Å². The molecule has 170 valence electrons. The molecule has 0 spiro atoms. The molecule has 2 heterocycles. The zero-order valence-corrected chi connectivity index (χ0v) is 18.8. The lowest BCUT2D eigenvalue weighted by Gasteiger charge is -2.49. The number of non-ortho nitro benzene ring substituents is 1. The number of carbonyl (C=O) groups excluding carboxylic acids is 1. The number of nitrogens with zero attached hydrogens (tertiary/aromatic N) is 3. The molecule has 2 aliphatic heterocycles. The molecule has 0 aliphatic carbocycles. The van der Waals surface area contributed by atoms with Crippen LogP contribution in [-0.4, -0.2) is 50.2 Å². The number of nitro groups is 1. The highest BCUT2D eigenvalue weighted by Gasteiger charge is 2.42. The van der Waals surface area contributed by atoms with Gasteiger partial charge in [0.15, 0.2) is 0 Å². The first-order chi connectivity index (χ1) is 15.4. The van der Waals surface area contributed by atoms with Crippen molar-refractivity contribution in [1.82, 2.24) is 5.32 Å². The Hall–Kier alpha value is -3.29. The van der Waals surface area contributed by atoms with Gasteiger partial charge in [-0.05, 0) is 36.1 Å². The van der Waals surface area contributed by atoms with E-state index in [9.17, 15) is 14.9 Å². The van der Waals surface area contributed by atoms with Crippen molar-refractivity contribution in [1.29, 1.82) is 0 Å². The summed E-state index contributed by atoms with van der Waals surface area (Å²) in [5, 5.41) is 14.4. The zero-order chi connectivity index (χ0) is 22.8. The van der Waals surface area contributed by atoms with E-state index >= 15 is 0 Å². The Morgan fingerprint density at radius 2 is 2.00 bits per heavy atom. The number of nitro benzene ring substituents is 1. The average Bonchev–Trinajstić information content (AvgIpc) is 2.81. The van der Waals surface area contributed by atoms with E-state index < -0.39 is 0 Å². The predicted molar refractivity (Wildman–Crippen MR) is 124 cm³/mol. The number of nitrogens with one attached hydrogen (secondary N) is 1. The second-order valence-corrected chi connectivity index (χ2v) is 8.90. The van der Waals surface area contributed by atoms with Gasteiger partial charge in [0.05, 0.1) is 29.7 Å². The fourth-order valence-corrected chi connectivity index (χ4v) is 4.77. The standard InChI is InChI=1S/C24H30N4O4/c1-16(2)14-25-24(29)19-13-17-12-18(28(30)31)8-9-20(17)27-11-10-26(15-22(19)27)21-6-4-5-7-23(21)32-3/h4-9,12,16,19,22H,10-11,13-15H2,1-3H3,(H,25,29)/t19-,22-/m0/s1. The number of piperazine rings is 1. The summed E-state index contributed by atoms with van der Waals surface area (Å²) in [6, 6.07) is 12.9. The van der Waals surface area contributed by atoms with Crippen LogP contribution in [0.3, 0.4) is 0 Å². The Morgan fingerprint density at radius 3 is 2.72 bits per heavy atom. The van der Waals surface area contributed by atoms with E-state index in [1.807, 2.05) is 30.3 Å². The van der Waals surface area contributed by atoms with E-state index in [1.165, 1.54) is 0 Å². The molecule has 0 radical (unpaired) electrons. The third kappa shape index (κ3) is 4.22. The van der Waals surface area contributed by atoms with Crippen LogP contribution in [-0.2, 0) is 11.2 Å². The van der Waals surface area contributed by atoms with Crippen LogP contribution in [0.2, 0.25) is 0 Å². The minimum atomic E-state index is -0.375. The van der Waals surface area contributed by atoms with Gasteiger partial charge in [0.2, 0.25) is 5.91 Å². The predicted octanol–water partition coefficient (Wildman–Crippen LogP) is 3.24. The van der Waals surface area contributed by atoms with Crippen molar-refractivity contribution in [3.63, 3.8) is 0 Å². The number of rotatable bonds is 6. The Balaban J connectivity index is 1.67. The van der Waals surface area contributed by atoms with Gasteiger partial charge in [0.1, 0.15) is 5.75 Å². The minimum Gasteiger partial charge on any atom is -0.495 e. The van der Waals surface area contributed by atoms with Gasteiger partial charge >= 0.3 is 0 Å². The highest BCUT2D eigenvalue weighted by molar-refractivity contribution is 5.82. The molecule has 4 rings (SSSR count).